The zero-order valence-corrected chi connectivity index (χ0v) is 11.1. The molecule has 0 atom stereocenters. The lowest BCUT2D eigenvalue weighted by atomic mass is 10.4. The van der Waals surface area contributed by atoms with Crippen LogP contribution in [-0.4, -0.2) is 0 Å². The van der Waals surface area contributed by atoms with Crippen LogP contribution in [0.15, 0.2) is 12.1 Å². The monoisotopic (exact) mass is 474 g/mol. The summed E-state index contributed by atoms with van der Waals surface area (Å²) >= 11 is 6.29. The predicted molar refractivity (Wildman–Crippen MR) is 64.6 cm³/mol. The fourth-order valence-corrected chi connectivity index (χ4v) is 2.46. The van der Waals surface area contributed by atoms with E-state index in [2.05, 4.69) is 45.2 Å². The van der Waals surface area contributed by atoms with E-state index in [1.807, 2.05) is 28.7 Å². The van der Waals surface area contributed by atoms with E-state index in [0.29, 0.717) is 3.57 Å². The molecule has 0 nitrogen and oxygen atoms in total. The van der Waals surface area contributed by atoms with Gasteiger partial charge in [-0.15, -0.1) is 0 Å². The Morgan fingerprint density at radius 1 is 0.900 bits per heavy atom. The van der Waals surface area contributed by atoms with Gasteiger partial charge in [-0.2, -0.15) is 0 Å². The van der Waals surface area contributed by atoms with E-state index in [-0.39, 0.29) is 5.82 Å². The minimum absolute atomic E-state index is 0.134. The molecule has 1 aromatic carbocycles. The summed E-state index contributed by atoms with van der Waals surface area (Å²) in [6.45, 7) is 0. The first-order valence-electron chi connectivity index (χ1n) is 2.41. The van der Waals surface area contributed by atoms with Gasteiger partial charge in [0.15, 0.2) is 0 Å². The summed E-state index contributed by atoms with van der Waals surface area (Å²) < 4.78 is 15.5. The average molecular weight is 474 g/mol. The normalized spacial score (nSPS) is 10.0. The quantitative estimate of drug-likeness (QED) is 0.399. The van der Waals surface area contributed by atoms with E-state index >= 15 is 0 Å². The summed E-state index contributed by atoms with van der Waals surface area (Å²) in [4.78, 5) is 0. The third-order valence-corrected chi connectivity index (χ3v) is 4.61. The van der Waals surface area contributed by atoms with E-state index in [0.717, 1.165) is 7.14 Å². The molecule has 0 heterocycles. The Morgan fingerprint density at radius 2 is 1.40 bits per heavy atom. The van der Waals surface area contributed by atoms with Crippen LogP contribution in [0.25, 0.3) is 0 Å². The Labute approximate surface area is 99.4 Å². The van der Waals surface area contributed by atoms with Gasteiger partial charge < -0.3 is 0 Å². The van der Waals surface area contributed by atoms with Crippen LogP contribution in [0.4, 0.5) is 4.39 Å². The first-order valence-corrected chi connectivity index (χ1v) is 5.65. The van der Waals surface area contributed by atoms with Gasteiger partial charge in [0.25, 0.3) is 0 Å². The summed E-state index contributed by atoms with van der Waals surface area (Å²) in [6.07, 6.45) is 0. The van der Waals surface area contributed by atoms with Crippen molar-refractivity contribution in [2.75, 3.05) is 0 Å². The smallest absolute Gasteiger partial charge is 0.137 e. The molecule has 0 saturated heterocycles. The summed E-state index contributed by atoms with van der Waals surface area (Å²) in [7, 11) is 0. The van der Waals surface area contributed by atoms with Crippen molar-refractivity contribution in [3.8, 4) is 0 Å². The van der Waals surface area contributed by atoms with E-state index in [9.17, 15) is 4.39 Å². The van der Waals surface area contributed by atoms with Gasteiger partial charge in [-0.1, -0.05) is 0 Å². The van der Waals surface area contributed by atoms with Gasteiger partial charge in [-0.3, -0.25) is 0 Å². The number of benzene rings is 1. The van der Waals surface area contributed by atoms with Gasteiger partial charge in [0.2, 0.25) is 0 Å². The largest absolute Gasteiger partial charge is 0.206 e. The fourth-order valence-electron chi connectivity index (χ4n) is 0.498. The van der Waals surface area contributed by atoms with Gasteiger partial charge in [-0.25, -0.2) is 4.39 Å². The van der Waals surface area contributed by atoms with Crippen LogP contribution in [-0.2, 0) is 0 Å². The molecule has 1 rings (SSSR count). The second kappa shape index (κ2) is 3.83. The minimum Gasteiger partial charge on any atom is -0.206 e. The second-order valence-electron chi connectivity index (χ2n) is 1.68. The molecule has 0 saturated carbocycles. The first-order chi connectivity index (χ1) is 4.61. The molecule has 10 heavy (non-hydrogen) atoms. The molecule has 0 aliphatic heterocycles. The summed E-state index contributed by atoms with van der Waals surface area (Å²) in [5, 5.41) is 0. The van der Waals surface area contributed by atoms with Crippen molar-refractivity contribution in [2.45, 2.75) is 0 Å². The average Bonchev–Trinajstić information content (AvgIpc) is 1.84. The molecule has 0 aromatic heterocycles. The molecule has 0 aliphatic rings. The van der Waals surface area contributed by atoms with Crippen LogP contribution >= 0.6 is 67.8 Å². The molecular weight excluding hydrogens is 472 g/mol. The zero-order chi connectivity index (χ0) is 7.72. The van der Waals surface area contributed by atoms with Crippen molar-refractivity contribution in [3.05, 3.63) is 28.7 Å². The van der Waals surface area contributed by atoms with Crippen LogP contribution in [0.2, 0.25) is 0 Å². The highest BCUT2D eigenvalue weighted by Gasteiger charge is 2.02. The topological polar surface area (TPSA) is 0 Å². The molecule has 0 spiro atoms. The summed E-state index contributed by atoms with van der Waals surface area (Å²) in [5.74, 6) is -0.134. The van der Waals surface area contributed by atoms with Gasteiger partial charge in [-0.05, 0) is 79.9 Å². The first kappa shape index (κ1) is 9.43. The van der Waals surface area contributed by atoms with Gasteiger partial charge in [0.1, 0.15) is 5.82 Å². The minimum atomic E-state index is -0.134. The maximum Gasteiger partial charge on any atom is 0.137 e. The van der Waals surface area contributed by atoms with E-state index in [4.69, 9.17) is 0 Å². The number of hydrogen-bond donors (Lipinski definition) is 0. The summed E-state index contributed by atoms with van der Waals surface area (Å²) in [6, 6.07) is 3.38. The van der Waals surface area contributed by atoms with Crippen LogP contribution in [0.1, 0.15) is 0 Å². The van der Waals surface area contributed by atoms with Crippen molar-refractivity contribution in [2.24, 2.45) is 0 Å². The van der Waals surface area contributed by atoms with Crippen molar-refractivity contribution < 1.29 is 4.39 Å². The molecule has 0 radical (unpaired) electrons. The third kappa shape index (κ3) is 2.16. The molecule has 0 unspecified atom stereocenters. The van der Waals surface area contributed by atoms with Crippen molar-refractivity contribution in [1.29, 1.82) is 0 Å². The van der Waals surface area contributed by atoms with Crippen molar-refractivity contribution >= 4 is 67.8 Å². The van der Waals surface area contributed by atoms with Crippen molar-refractivity contribution in [3.63, 3.8) is 0 Å². The highest BCUT2D eigenvalue weighted by Crippen LogP contribution is 2.20. The van der Waals surface area contributed by atoms with Crippen LogP contribution in [0.3, 0.4) is 0 Å². The van der Waals surface area contributed by atoms with Crippen molar-refractivity contribution in [1.82, 2.24) is 0 Å². The maximum atomic E-state index is 12.7. The Bertz CT molecular complexity index is 209. The second-order valence-corrected chi connectivity index (χ2v) is 5.17. The molecule has 0 amide bonds. The number of rotatable bonds is 0. The standard InChI is InChI=1S/C6H2FI3/c7-3-1-5(9)6(10)2-4(3)8/h1-2H. The lowest BCUT2D eigenvalue weighted by Crippen LogP contribution is -1.86. The Kier molecular flexibility index (Phi) is 3.61. The van der Waals surface area contributed by atoms with Crippen LogP contribution in [0, 0.1) is 16.5 Å². The Balaban J connectivity index is 3.28. The summed E-state index contributed by atoms with van der Waals surface area (Å²) in [5.41, 5.74) is 0. The maximum absolute atomic E-state index is 12.7. The molecule has 0 N–H and O–H groups in total. The fraction of sp³-hybridized carbons (Fsp3) is 0. The highest BCUT2D eigenvalue weighted by atomic mass is 127. The lowest BCUT2D eigenvalue weighted by Gasteiger charge is -1.97. The molecular formula is C6H2FI3. The van der Waals surface area contributed by atoms with Gasteiger partial charge in [0.05, 0.1) is 0 Å². The third-order valence-electron chi connectivity index (χ3n) is 0.963. The molecule has 4 heteroatoms. The van der Waals surface area contributed by atoms with Gasteiger partial charge in [0, 0.05) is 10.7 Å². The SMILES string of the molecule is Fc1cc(I)c(I)cc1I. The predicted octanol–water partition coefficient (Wildman–Crippen LogP) is 3.64. The Morgan fingerprint density at radius 3 is 1.90 bits per heavy atom. The highest BCUT2D eigenvalue weighted by molar-refractivity contribution is 14.1. The molecule has 0 aliphatic carbocycles. The number of halogens is 4. The van der Waals surface area contributed by atoms with Gasteiger partial charge >= 0.3 is 0 Å². The molecule has 54 valence electrons. The zero-order valence-electron chi connectivity index (χ0n) is 4.67. The number of hydrogen-bond acceptors (Lipinski definition) is 0. The molecule has 1 aromatic rings. The van der Waals surface area contributed by atoms with Crippen LogP contribution in [0.5, 0.6) is 0 Å². The van der Waals surface area contributed by atoms with E-state index in [1.54, 1.807) is 6.07 Å². The molecule has 0 bridgehead atoms. The van der Waals surface area contributed by atoms with Crippen LogP contribution < -0.4 is 0 Å². The lowest BCUT2D eigenvalue weighted by molar-refractivity contribution is 0.619. The van der Waals surface area contributed by atoms with E-state index < -0.39 is 0 Å². The Hall–Kier alpha value is 1.34. The van der Waals surface area contributed by atoms with E-state index in [1.165, 1.54) is 0 Å². The molecule has 0 fully saturated rings.